The summed E-state index contributed by atoms with van der Waals surface area (Å²) in [5.74, 6) is 0.0361. The molecule has 21 heavy (non-hydrogen) atoms. The summed E-state index contributed by atoms with van der Waals surface area (Å²) in [6, 6.07) is 9.52. The molecule has 1 aromatic heterocycles. The molecule has 0 saturated heterocycles. The molecule has 3 nitrogen and oxygen atoms in total. The van der Waals surface area contributed by atoms with Crippen molar-refractivity contribution in [2.45, 2.75) is 33.4 Å². The Kier molecular flexibility index (Phi) is 4.58. The van der Waals surface area contributed by atoms with Gasteiger partial charge in [0.15, 0.2) is 0 Å². The smallest absolute Gasteiger partial charge is 0.255 e. The van der Waals surface area contributed by atoms with Crippen molar-refractivity contribution in [1.29, 1.82) is 0 Å². The molecule has 0 aliphatic carbocycles. The first kappa shape index (κ1) is 15.4. The van der Waals surface area contributed by atoms with E-state index >= 15 is 0 Å². The predicted molar refractivity (Wildman–Crippen MR) is 83.5 cm³/mol. The summed E-state index contributed by atoms with van der Waals surface area (Å²) in [4.78, 5) is 12.6. The zero-order chi connectivity index (χ0) is 15.6. The number of rotatable bonds is 4. The number of benzene rings is 1. The van der Waals surface area contributed by atoms with E-state index in [0.717, 1.165) is 11.3 Å². The lowest BCUT2D eigenvalue weighted by molar-refractivity contribution is 0.510. The van der Waals surface area contributed by atoms with Gasteiger partial charge in [-0.3, -0.25) is 4.79 Å². The first-order valence-corrected chi connectivity index (χ1v) is 7.15. The van der Waals surface area contributed by atoms with E-state index in [1.165, 1.54) is 12.1 Å². The summed E-state index contributed by atoms with van der Waals surface area (Å²) in [6.07, 6.45) is 0. The Morgan fingerprint density at radius 3 is 2.24 bits per heavy atom. The summed E-state index contributed by atoms with van der Waals surface area (Å²) < 4.78 is 14.8. The fraction of sp³-hybridized carbons (Fsp3) is 0.353. The van der Waals surface area contributed by atoms with Crippen molar-refractivity contribution in [2.24, 2.45) is 11.7 Å². The van der Waals surface area contributed by atoms with Gasteiger partial charge in [-0.15, -0.1) is 0 Å². The normalized spacial score (nSPS) is 12.7. The van der Waals surface area contributed by atoms with Crippen molar-refractivity contribution in [2.75, 3.05) is 0 Å². The van der Waals surface area contributed by atoms with Crippen molar-refractivity contribution in [3.63, 3.8) is 0 Å². The Hall–Kier alpha value is -1.94. The molecule has 2 aromatic rings. The third-order valence-electron chi connectivity index (χ3n) is 3.38. The zero-order valence-electron chi connectivity index (χ0n) is 12.6. The summed E-state index contributed by atoms with van der Waals surface area (Å²) in [5, 5.41) is 0. The van der Waals surface area contributed by atoms with Crippen LogP contribution >= 0.6 is 0 Å². The van der Waals surface area contributed by atoms with Gasteiger partial charge < -0.3 is 10.3 Å². The molecule has 1 atom stereocenters. The molecule has 0 spiro atoms. The minimum Gasteiger partial charge on any atom is -0.324 e. The average Bonchev–Trinajstić information content (AvgIpc) is 2.41. The van der Waals surface area contributed by atoms with Gasteiger partial charge >= 0.3 is 0 Å². The summed E-state index contributed by atoms with van der Waals surface area (Å²) in [5.41, 5.74) is 8.00. The molecule has 0 saturated carbocycles. The van der Waals surface area contributed by atoms with Crippen molar-refractivity contribution < 1.29 is 4.39 Å². The Labute approximate surface area is 124 Å². The minimum atomic E-state index is -0.307. The predicted octanol–water partition coefficient (Wildman–Crippen LogP) is 3.33. The van der Waals surface area contributed by atoms with Gasteiger partial charge in [0.1, 0.15) is 5.82 Å². The maximum Gasteiger partial charge on any atom is 0.255 e. The number of hydrogen-bond acceptors (Lipinski definition) is 2. The van der Waals surface area contributed by atoms with E-state index in [2.05, 4.69) is 13.8 Å². The van der Waals surface area contributed by atoms with Gasteiger partial charge in [0, 0.05) is 18.2 Å². The molecule has 0 aliphatic heterocycles. The van der Waals surface area contributed by atoms with E-state index in [1.807, 2.05) is 6.07 Å². The molecule has 0 fully saturated rings. The fourth-order valence-corrected chi connectivity index (χ4v) is 2.36. The van der Waals surface area contributed by atoms with Gasteiger partial charge in [-0.2, -0.15) is 0 Å². The summed E-state index contributed by atoms with van der Waals surface area (Å²) >= 11 is 0. The van der Waals surface area contributed by atoms with E-state index in [-0.39, 0.29) is 17.4 Å². The molecule has 1 unspecified atom stereocenters. The van der Waals surface area contributed by atoms with Crippen LogP contribution in [0, 0.1) is 11.7 Å². The number of nitrogens with zero attached hydrogens (tertiary/aromatic N) is 1. The molecule has 1 heterocycles. The van der Waals surface area contributed by atoms with Crippen molar-refractivity contribution >= 4 is 0 Å². The lowest BCUT2D eigenvalue weighted by atomic mass is 10.1. The number of hydrogen-bond donors (Lipinski definition) is 1. The third-order valence-corrected chi connectivity index (χ3v) is 3.38. The molecular weight excluding hydrogens is 267 g/mol. The second-order valence-electron chi connectivity index (χ2n) is 5.78. The van der Waals surface area contributed by atoms with Crippen LogP contribution in [-0.4, -0.2) is 4.57 Å². The van der Waals surface area contributed by atoms with Crippen LogP contribution in [0.2, 0.25) is 0 Å². The molecule has 2 N–H and O–H groups in total. The molecule has 0 bridgehead atoms. The first-order valence-electron chi connectivity index (χ1n) is 7.15. The molecule has 112 valence electrons. The molecule has 0 aliphatic rings. The highest BCUT2D eigenvalue weighted by atomic mass is 19.1. The summed E-state index contributed by atoms with van der Waals surface area (Å²) in [7, 11) is 0. The highest BCUT2D eigenvalue weighted by molar-refractivity contribution is 5.59. The van der Waals surface area contributed by atoms with E-state index in [1.54, 1.807) is 29.7 Å². The van der Waals surface area contributed by atoms with Gasteiger partial charge in [0.05, 0.1) is 5.69 Å². The number of aromatic nitrogens is 1. The van der Waals surface area contributed by atoms with Crippen LogP contribution < -0.4 is 11.3 Å². The van der Waals surface area contributed by atoms with Crippen molar-refractivity contribution in [3.8, 4) is 11.3 Å². The Morgan fingerprint density at radius 1 is 1.10 bits per heavy atom. The Balaban J connectivity index is 2.62. The van der Waals surface area contributed by atoms with Gasteiger partial charge in [-0.25, -0.2) is 4.39 Å². The molecular formula is C17H21FN2O. The fourth-order valence-electron chi connectivity index (χ4n) is 2.36. The van der Waals surface area contributed by atoms with Crippen LogP contribution in [0.5, 0.6) is 0 Å². The van der Waals surface area contributed by atoms with E-state index in [9.17, 15) is 9.18 Å². The minimum absolute atomic E-state index is 0.0690. The topological polar surface area (TPSA) is 48.0 Å². The molecule has 0 radical (unpaired) electrons. The van der Waals surface area contributed by atoms with Crippen LogP contribution in [0.3, 0.4) is 0 Å². The lowest BCUT2D eigenvalue weighted by Crippen LogP contribution is -2.29. The van der Waals surface area contributed by atoms with Crippen LogP contribution in [0.25, 0.3) is 11.3 Å². The standard InChI is InChI=1S/C17H21FN2O/c1-11(2)10-20-16(13-4-6-14(18)7-5-13)9-8-15(12(3)19)17(20)21/h4-9,11-12H,10,19H2,1-3H3. The average molecular weight is 288 g/mol. The van der Waals surface area contributed by atoms with E-state index in [4.69, 9.17) is 5.73 Å². The SMILES string of the molecule is CC(C)Cn1c(-c2ccc(F)cc2)ccc(C(C)N)c1=O. The number of pyridine rings is 1. The quantitative estimate of drug-likeness (QED) is 0.938. The van der Waals surface area contributed by atoms with Gasteiger partial charge in [0.25, 0.3) is 5.56 Å². The maximum atomic E-state index is 13.1. The monoisotopic (exact) mass is 288 g/mol. The second kappa shape index (κ2) is 6.22. The van der Waals surface area contributed by atoms with E-state index in [0.29, 0.717) is 18.0 Å². The van der Waals surface area contributed by atoms with Crippen molar-refractivity contribution in [1.82, 2.24) is 4.57 Å². The van der Waals surface area contributed by atoms with Crippen molar-refractivity contribution in [3.05, 3.63) is 58.1 Å². The van der Waals surface area contributed by atoms with Crippen LogP contribution in [0.4, 0.5) is 4.39 Å². The lowest BCUT2D eigenvalue weighted by Gasteiger charge is -2.18. The Morgan fingerprint density at radius 2 is 1.71 bits per heavy atom. The number of halogens is 1. The maximum absolute atomic E-state index is 13.1. The third kappa shape index (κ3) is 3.39. The molecule has 0 amide bonds. The Bertz CT molecular complexity index is 672. The second-order valence-corrected chi connectivity index (χ2v) is 5.78. The zero-order valence-corrected chi connectivity index (χ0v) is 12.6. The van der Waals surface area contributed by atoms with Gasteiger partial charge in [0.2, 0.25) is 0 Å². The van der Waals surface area contributed by atoms with Crippen LogP contribution in [0.1, 0.15) is 32.4 Å². The summed E-state index contributed by atoms with van der Waals surface area (Å²) in [6.45, 7) is 6.51. The van der Waals surface area contributed by atoms with Gasteiger partial charge in [-0.1, -0.05) is 13.8 Å². The molecule has 1 aromatic carbocycles. The molecule has 2 rings (SSSR count). The van der Waals surface area contributed by atoms with Crippen LogP contribution in [-0.2, 0) is 6.54 Å². The molecule has 4 heteroatoms. The highest BCUT2D eigenvalue weighted by Gasteiger charge is 2.13. The number of nitrogens with two attached hydrogens (primary N) is 1. The van der Waals surface area contributed by atoms with Gasteiger partial charge in [-0.05, 0) is 54.8 Å². The van der Waals surface area contributed by atoms with Crippen LogP contribution in [0.15, 0.2) is 41.2 Å². The first-order chi connectivity index (χ1) is 9.90. The highest BCUT2D eigenvalue weighted by Crippen LogP contribution is 2.21. The largest absolute Gasteiger partial charge is 0.324 e. The van der Waals surface area contributed by atoms with E-state index < -0.39 is 0 Å².